The Kier molecular flexibility index (Phi) is 19.6. The van der Waals surface area contributed by atoms with Crippen molar-refractivity contribution in [3.8, 4) is 0 Å². The molecule has 0 aromatic rings. The van der Waals surface area contributed by atoms with Gasteiger partial charge in [0.2, 0.25) is 0 Å². The Balaban J connectivity index is -0.0000000655. The molecular formula is H2Cl4O8Pb2S2. The van der Waals surface area contributed by atoms with Gasteiger partial charge in [-0.05, 0) is 0 Å². The maximum atomic E-state index is 8.74. The van der Waals surface area contributed by atoms with E-state index in [9.17, 15) is 0 Å². The number of rotatable bonds is 0. The molecule has 0 atom stereocenters. The van der Waals surface area contributed by atoms with Gasteiger partial charge in [0.1, 0.15) is 0 Å². The van der Waals surface area contributed by atoms with Crippen molar-refractivity contribution in [2.24, 2.45) is 0 Å². The van der Waals surface area contributed by atoms with E-state index in [4.69, 9.17) is 68.3 Å². The van der Waals surface area contributed by atoms with Gasteiger partial charge in [-0.25, -0.2) is 0 Å². The van der Waals surface area contributed by atoms with Crippen molar-refractivity contribution in [3.63, 3.8) is 0 Å². The van der Waals surface area contributed by atoms with Crippen LogP contribution in [0, 0.1) is 0 Å². The summed E-state index contributed by atoms with van der Waals surface area (Å²) >= 11 is -3.39. The second kappa shape index (κ2) is 11.6. The van der Waals surface area contributed by atoms with E-state index in [1.54, 1.807) is 0 Å². The molecule has 98 valence electrons. The molecule has 16 heteroatoms. The summed E-state index contributed by atoms with van der Waals surface area (Å²) in [4.78, 5) is 0. The molecule has 0 aromatic heterocycles. The number of hydrogen-bond donors (Lipinski definition) is 2. The van der Waals surface area contributed by atoms with Gasteiger partial charge in [-0.3, -0.25) is 17.5 Å². The number of hydrogen-bond acceptors (Lipinski definition) is 6. The van der Waals surface area contributed by atoms with E-state index in [1.165, 1.54) is 0 Å². The van der Waals surface area contributed by atoms with Gasteiger partial charge in [-0.1, -0.05) is 0 Å². The fourth-order valence-electron chi connectivity index (χ4n) is 0. The van der Waals surface area contributed by atoms with Crippen molar-refractivity contribution in [1.29, 1.82) is 0 Å². The van der Waals surface area contributed by atoms with Crippen molar-refractivity contribution in [2.45, 2.75) is 0 Å². The average molecular weight is 750 g/mol. The van der Waals surface area contributed by atoms with Crippen LogP contribution in [-0.2, 0) is 20.8 Å². The molecule has 2 radical (unpaired) electrons. The molecule has 0 aromatic carbocycles. The molecule has 0 rings (SSSR count). The van der Waals surface area contributed by atoms with E-state index in [0.717, 1.165) is 0 Å². The first-order chi connectivity index (χ1) is 6.00. The SMILES string of the molecule is O=S(=O)(O)O.O=S(=O)([O-])[O-].[Cl][Pb]([Cl])([Cl])[Cl].[Pb+2]. The molecule has 0 saturated carbocycles. The van der Waals surface area contributed by atoms with Crippen LogP contribution < -0.4 is 0 Å². The zero-order valence-electron chi connectivity index (χ0n) is 6.67. The molecule has 0 amide bonds. The first kappa shape index (κ1) is 27.1. The van der Waals surface area contributed by atoms with Crippen LogP contribution in [0.4, 0.5) is 0 Å². The molecule has 0 bridgehead atoms. The Hall–Kier alpha value is 2.74. The Bertz CT molecular complexity index is 287. The van der Waals surface area contributed by atoms with E-state index < -0.39 is 37.1 Å². The molecule has 0 saturated heterocycles. The molecule has 0 aliphatic heterocycles. The van der Waals surface area contributed by atoms with Crippen LogP contribution in [0.15, 0.2) is 0 Å². The molecule has 16 heavy (non-hydrogen) atoms. The molecule has 0 unspecified atom stereocenters. The summed E-state index contributed by atoms with van der Waals surface area (Å²) in [7, 11) is 10.4. The quantitative estimate of drug-likeness (QED) is 0.200. The van der Waals surface area contributed by atoms with E-state index in [2.05, 4.69) is 0 Å². The summed E-state index contributed by atoms with van der Waals surface area (Å²) in [5, 5.41) is 0. The maximum Gasteiger partial charge on any atom is 2.00 e. The van der Waals surface area contributed by atoms with Gasteiger partial charge in [0.15, 0.2) is 0 Å². The van der Waals surface area contributed by atoms with Crippen LogP contribution in [0.5, 0.6) is 0 Å². The van der Waals surface area contributed by atoms with E-state index >= 15 is 0 Å². The summed E-state index contributed by atoms with van der Waals surface area (Å²) in [5.41, 5.74) is 0. The standard InChI is InChI=1S/4ClH.2H2O4S.2Pb/c;;;;2*1-5(2,3)4;;/h4*1H;2*(H2,1,2,3,4);;/q;;;;;;+2;+4/p-6. The fourth-order valence-corrected chi connectivity index (χ4v) is 0. The minimum Gasteiger partial charge on any atom is 2.00 e. The molecule has 8 nitrogen and oxygen atoms in total. The summed E-state index contributed by atoms with van der Waals surface area (Å²) in [6.45, 7) is 0. The largest absolute Gasteiger partial charge is 2.00 e. The predicted molar refractivity (Wildman–Crippen MR) is 59.6 cm³/mol. The minimum absolute atomic E-state index is 0. The topological polar surface area (TPSA) is 155 Å². The molecule has 2 N–H and O–H groups in total. The molecule has 0 fully saturated rings. The Labute approximate surface area is 130 Å². The van der Waals surface area contributed by atoms with E-state index in [1.807, 2.05) is 0 Å². The second-order valence-electron chi connectivity index (χ2n) is 1.28. The van der Waals surface area contributed by atoms with Crippen molar-refractivity contribution in [2.75, 3.05) is 0 Å². The Morgan fingerprint density at radius 2 is 0.875 bits per heavy atom. The summed E-state index contributed by atoms with van der Waals surface area (Å²) in [6.07, 6.45) is 0. The van der Waals surface area contributed by atoms with Gasteiger partial charge >= 0.3 is 87.2 Å². The monoisotopic (exact) mass is 750 g/mol. The van der Waals surface area contributed by atoms with Gasteiger partial charge < -0.3 is 9.11 Å². The molecule has 0 heterocycles. The van der Waals surface area contributed by atoms with Gasteiger partial charge in [0.25, 0.3) is 0 Å². The molecule has 0 spiro atoms. The average Bonchev–Trinajstić information content (AvgIpc) is 1.41. The zero-order chi connectivity index (χ0) is 13.5. The normalized spacial score (nSPS) is 11.0. The van der Waals surface area contributed by atoms with Crippen LogP contribution in [-0.4, -0.2) is 78.6 Å². The third-order valence-electron chi connectivity index (χ3n) is 0. The summed E-state index contributed by atoms with van der Waals surface area (Å²) < 4.78 is 65.7. The first-order valence-corrected chi connectivity index (χ1v) is 24.0. The first-order valence-electron chi connectivity index (χ1n) is 2.12. The van der Waals surface area contributed by atoms with Crippen molar-refractivity contribution >= 4 is 97.6 Å². The third kappa shape index (κ3) is 551. The van der Waals surface area contributed by atoms with Crippen LogP contribution in [0.1, 0.15) is 0 Å². The van der Waals surface area contributed by atoms with Gasteiger partial charge in [-0.15, -0.1) is 0 Å². The van der Waals surface area contributed by atoms with E-state index in [0.29, 0.717) is 0 Å². The zero-order valence-corrected chi connectivity index (χ0v) is 19.1. The van der Waals surface area contributed by atoms with Crippen LogP contribution in [0.25, 0.3) is 0 Å². The maximum absolute atomic E-state index is 8.74. The van der Waals surface area contributed by atoms with Crippen molar-refractivity contribution < 1.29 is 35.0 Å². The number of halogens is 4. The van der Waals surface area contributed by atoms with Gasteiger partial charge in [0.05, 0.1) is 0 Å². The van der Waals surface area contributed by atoms with Crippen molar-refractivity contribution in [3.05, 3.63) is 0 Å². The molecule has 0 aliphatic rings. The Morgan fingerprint density at radius 3 is 0.875 bits per heavy atom. The van der Waals surface area contributed by atoms with Gasteiger partial charge in [-0.2, -0.15) is 8.42 Å². The second-order valence-corrected chi connectivity index (χ2v) is 36.4. The summed E-state index contributed by atoms with van der Waals surface area (Å²) in [5.74, 6) is 0. The van der Waals surface area contributed by atoms with Crippen molar-refractivity contribution in [1.82, 2.24) is 0 Å². The van der Waals surface area contributed by atoms with Gasteiger partial charge in [0, 0.05) is 10.4 Å². The summed E-state index contributed by atoms with van der Waals surface area (Å²) in [6, 6.07) is 0. The smallest absolute Gasteiger partial charge is 2.00 e. The van der Waals surface area contributed by atoms with Crippen LogP contribution >= 0.6 is 33.3 Å². The molecule has 0 aliphatic carbocycles. The Morgan fingerprint density at radius 1 is 0.875 bits per heavy atom. The fraction of sp³-hybridized carbons (Fsp3) is 0. The van der Waals surface area contributed by atoms with Crippen LogP contribution in [0.3, 0.4) is 0 Å². The third-order valence-corrected chi connectivity index (χ3v) is 0. The predicted octanol–water partition coefficient (Wildman–Crippen LogP) is 0.00560. The minimum atomic E-state index is -5.17. The molecular weight excluding hydrogens is 748 g/mol. The van der Waals surface area contributed by atoms with E-state index in [-0.39, 0.29) is 27.3 Å². The van der Waals surface area contributed by atoms with Crippen LogP contribution in [0.2, 0.25) is 0 Å².